The molecule has 0 aliphatic heterocycles. The van der Waals surface area contributed by atoms with Crippen molar-refractivity contribution >= 4 is 29.4 Å². The van der Waals surface area contributed by atoms with E-state index in [2.05, 4.69) is 10.6 Å². The predicted octanol–water partition coefficient (Wildman–Crippen LogP) is 4.15. The minimum absolute atomic E-state index is 0.383. The first-order valence-corrected chi connectivity index (χ1v) is 7.22. The lowest BCUT2D eigenvalue weighted by atomic mass is 10.2. The van der Waals surface area contributed by atoms with Crippen molar-refractivity contribution in [3.8, 4) is 11.5 Å². The van der Waals surface area contributed by atoms with E-state index < -0.39 is 0 Å². The molecule has 2 aromatic rings. The van der Waals surface area contributed by atoms with Crippen molar-refractivity contribution in [2.45, 2.75) is 0 Å². The monoisotopic (exact) mass is 332 g/mol. The number of halogens is 1. The summed E-state index contributed by atoms with van der Waals surface area (Å²) in [4.78, 5) is 11.9. The van der Waals surface area contributed by atoms with Crippen LogP contribution in [0.3, 0.4) is 0 Å². The molecule has 2 rings (SSSR count). The molecule has 0 bridgehead atoms. The highest BCUT2D eigenvalue weighted by Crippen LogP contribution is 2.28. The van der Waals surface area contributed by atoms with E-state index in [1.165, 1.54) is 13.3 Å². The van der Waals surface area contributed by atoms with Gasteiger partial charge in [0.05, 0.1) is 19.9 Å². The number of carbonyl (C=O) groups is 1. The second-order valence-corrected chi connectivity index (χ2v) is 4.99. The Balaban J connectivity index is 1.97. The fourth-order valence-corrected chi connectivity index (χ4v) is 2.08. The average Bonchev–Trinajstić information content (AvgIpc) is 2.55. The summed E-state index contributed by atoms with van der Waals surface area (Å²) in [5, 5.41) is 5.96. The van der Waals surface area contributed by atoms with E-state index in [1.54, 1.807) is 43.5 Å². The predicted molar refractivity (Wildman–Crippen MR) is 92.2 cm³/mol. The molecule has 0 spiro atoms. The topological polar surface area (TPSA) is 59.6 Å². The Morgan fingerprint density at radius 3 is 2.65 bits per heavy atom. The molecule has 0 radical (unpaired) electrons. The van der Waals surface area contributed by atoms with Gasteiger partial charge in [-0.1, -0.05) is 23.7 Å². The number of rotatable bonds is 5. The zero-order valence-electron chi connectivity index (χ0n) is 12.8. The Hall–Kier alpha value is -2.66. The standard InChI is InChI=1S/C17H17ClN2O3/c1-22-14-6-7-15(16(11-14)23-2)20-17(21)19-9-8-12-4-3-5-13(18)10-12/h3-11H,1-2H3,(H2,19,20,21)/b9-8+. The Kier molecular flexibility index (Phi) is 5.88. The normalized spacial score (nSPS) is 10.4. The van der Waals surface area contributed by atoms with Crippen molar-refractivity contribution in [1.29, 1.82) is 0 Å². The Bertz CT molecular complexity index is 717. The molecule has 0 aromatic heterocycles. The number of anilines is 1. The second-order valence-electron chi connectivity index (χ2n) is 4.55. The number of hydrogen-bond acceptors (Lipinski definition) is 3. The summed E-state index contributed by atoms with van der Waals surface area (Å²) in [6.07, 6.45) is 3.29. The largest absolute Gasteiger partial charge is 0.497 e. The maximum atomic E-state index is 11.9. The molecule has 0 heterocycles. The zero-order chi connectivity index (χ0) is 16.7. The molecule has 0 aliphatic carbocycles. The molecule has 0 atom stereocenters. The van der Waals surface area contributed by atoms with Gasteiger partial charge in [0.15, 0.2) is 0 Å². The Morgan fingerprint density at radius 1 is 1.13 bits per heavy atom. The van der Waals surface area contributed by atoms with Gasteiger partial charge in [0.1, 0.15) is 11.5 Å². The minimum atomic E-state index is -0.383. The molecule has 0 aliphatic rings. The quantitative estimate of drug-likeness (QED) is 0.864. The molecular formula is C17H17ClN2O3. The number of nitrogens with one attached hydrogen (secondary N) is 2. The van der Waals surface area contributed by atoms with Crippen LogP contribution in [0.5, 0.6) is 11.5 Å². The van der Waals surface area contributed by atoms with Crippen LogP contribution in [0.25, 0.3) is 6.08 Å². The smallest absolute Gasteiger partial charge is 0.323 e. The van der Waals surface area contributed by atoms with Crippen LogP contribution >= 0.6 is 11.6 Å². The fraction of sp³-hybridized carbons (Fsp3) is 0.118. The van der Waals surface area contributed by atoms with Gasteiger partial charge in [-0.25, -0.2) is 4.79 Å². The summed E-state index contributed by atoms with van der Waals surface area (Å²) in [5.41, 5.74) is 1.43. The highest BCUT2D eigenvalue weighted by molar-refractivity contribution is 6.30. The first kappa shape index (κ1) is 16.7. The van der Waals surface area contributed by atoms with E-state index in [4.69, 9.17) is 21.1 Å². The van der Waals surface area contributed by atoms with Crippen LogP contribution in [-0.2, 0) is 0 Å². The number of methoxy groups -OCH3 is 2. The third-order valence-corrected chi connectivity index (χ3v) is 3.23. The molecule has 120 valence electrons. The summed E-state index contributed by atoms with van der Waals surface area (Å²) < 4.78 is 10.3. The minimum Gasteiger partial charge on any atom is -0.497 e. The van der Waals surface area contributed by atoms with E-state index in [0.717, 1.165) is 5.56 Å². The van der Waals surface area contributed by atoms with Gasteiger partial charge >= 0.3 is 6.03 Å². The van der Waals surface area contributed by atoms with E-state index in [9.17, 15) is 4.79 Å². The highest BCUT2D eigenvalue weighted by Gasteiger charge is 2.07. The molecule has 6 heteroatoms. The number of ether oxygens (including phenoxy) is 2. The lowest BCUT2D eigenvalue weighted by Crippen LogP contribution is -2.24. The first-order valence-electron chi connectivity index (χ1n) is 6.84. The molecule has 2 aromatic carbocycles. The average molecular weight is 333 g/mol. The van der Waals surface area contributed by atoms with E-state index in [0.29, 0.717) is 22.2 Å². The SMILES string of the molecule is COc1ccc(NC(=O)N/C=C/c2cccc(Cl)c2)c(OC)c1. The molecule has 2 amide bonds. The maximum absolute atomic E-state index is 11.9. The maximum Gasteiger partial charge on any atom is 0.323 e. The third-order valence-electron chi connectivity index (χ3n) is 3.00. The van der Waals surface area contributed by atoms with E-state index in [1.807, 2.05) is 12.1 Å². The molecule has 0 saturated carbocycles. The fourth-order valence-electron chi connectivity index (χ4n) is 1.88. The molecule has 0 fully saturated rings. The van der Waals surface area contributed by atoms with Crippen LogP contribution in [0.15, 0.2) is 48.7 Å². The van der Waals surface area contributed by atoms with Gasteiger partial charge in [-0.3, -0.25) is 0 Å². The molecule has 0 unspecified atom stereocenters. The summed E-state index contributed by atoms with van der Waals surface area (Å²) in [6, 6.07) is 12.1. The van der Waals surface area contributed by atoms with Gasteiger partial charge < -0.3 is 20.1 Å². The van der Waals surface area contributed by atoms with Crippen molar-refractivity contribution in [3.63, 3.8) is 0 Å². The summed E-state index contributed by atoms with van der Waals surface area (Å²) in [5.74, 6) is 1.16. The number of urea groups is 1. The third kappa shape index (κ3) is 4.93. The summed E-state index contributed by atoms with van der Waals surface area (Å²) in [6.45, 7) is 0. The van der Waals surface area contributed by atoms with Crippen molar-refractivity contribution in [2.24, 2.45) is 0 Å². The van der Waals surface area contributed by atoms with Crippen molar-refractivity contribution in [3.05, 3.63) is 59.3 Å². The van der Waals surface area contributed by atoms with Crippen molar-refractivity contribution < 1.29 is 14.3 Å². The van der Waals surface area contributed by atoms with Crippen LogP contribution in [0.1, 0.15) is 5.56 Å². The van der Waals surface area contributed by atoms with Gasteiger partial charge in [0.2, 0.25) is 0 Å². The number of benzene rings is 2. The molecular weight excluding hydrogens is 316 g/mol. The van der Waals surface area contributed by atoms with Gasteiger partial charge in [-0.2, -0.15) is 0 Å². The first-order chi connectivity index (χ1) is 11.1. The van der Waals surface area contributed by atoms with E-state index >= 15 is 0 Å². The van der Waals surface area contributed by atoms with Gasteiger partial charge in [0, 0.05) is 17.3 Å². The van der Waals surface area contributed by atoms with Crippen LogP contribution < -0.4 is 20.1 Å². The second kappa shape index (κ2) is 8.10. The van der Waals surface area contributed by atoms with Crippen LogP contribution in [-0.4, -0.2) is 20.3 Å². The Morgan fingerprint density at radius 2 is 1.96 bits per heavy atom. The lowest BCUT2D eigenvalue weighted by Gasteiger charge is -2.11. The lowest BCUT2D eigenvalue weighted by molar-refractivity contribution is 0.255. The molecule has 5 nitrogen and oxygen atoms in total. The van der Waals surface area contributed by atoms with Gasteiger partial charge in [-0.05, 0) is 35.9 Å². The van der Waals surface area contributed by atoms with E-state index in [-0.39, 0.29) is 6.03 Å². The summed E-state index contributed by atoms with van der Waals surface area (Å²) in [7, 11) is 3.09. The van der Waals surface area contributed by atoms with Gasteiger partial charge in [-0.15, -0.1) is 0 Å². The number of hydrogen-bond donors (Lipinski definition) is 2. The summed E-state index contributed by atoms with van der Waals surface area (Å²) >= 11 is 5.89. The Labute approximate surface area is 139 Å². The molecule has 23 heavy (non-hydrogen) atoms. The van der Waals surface area contributed by atoms with Crippen molar-refractivity contribution in [1.82, 2.24) is 5.32 Å². The van der Waals surface area contributed by atoms with Crippen LogP contribution in [0.2, 0.25) is 5.02 Å². The van der Waals surface area contributed by atoms with Crippen molar-refractivity contribution in [2.75, 3.05) is 19.5 Å². The number of amides is 2. The molecule has 2 N–H and O–H groups in total. The van der Waals surface area contributed by atoms with Crippen LogP contribution in [0, 0.1) is 0 Å². The highest BCUT2D eigenvalue weighted by atomic mass is 35.5. The van der Waals surface area contributed by atoms with Gasteiger partial charge in [0.25, 0.3) is 0 Å². The van der Waals surface area contributed by atoms with Crippen LogP contribution in [0.4, 0.5) is 10.5 Å². The zero-order valence-corrected chi connectivity index (χ0v) is 13.6. The number of carbonyl (C=O) groups excluding carboxylic acids is 1. The molecule has 0 saturated heterocycles.